The molecule has 0 spiro atoms. The van der Waals surface area contributed by atoms with Gasteiger partial charge in [-0.05, 0) is 30.2 Å². The molecular weight excluding hydrogens is 240 g/mol. The minimum absolute atomic E-state index is 0.215. The summed E-state index contributed by atoms with van der Waals surface area (Å²) in [6.45, 7) is 6.23. The summed E-state index contributed by atoms with van der Waals surface area (Å²) in [6, 6.07) is 6.25. The summed E-state index contributed by atoms with van der Waals surface area (Å²) in [4.78, 5) is 4.30. The minimum Gasteiger partial charge on any atom is -0.496 e. The molecule has 19 heavy (non-hydrogen) atoms. The molecule has 0 amide bonds. The molecule has 102 valence electrons. The Morgan fingerprint density at radius 3 is 2.68 bits per heavy atom. The third-order valence-corrected chi connectivity index (χ3v) is 3.13. The van der Waals surface area contributed by atoms with E-state index in [4.69, 9.17) is 14.9 Å². The average Bonchev–Trinajstić information content (AvgIpc) is 2.80. The molecule has 0 aliphatic carbocycles. The van der Waals surface area contributed by atoms with Crippen LogP contribution in [0, 0.1) is 0 Å². The molecular formula is C15H20N2O2. The van der Waals surface area contributed by atoms with Crippen molar-refractivity contribution in [1.82, 2.24) is 4.98 Å². The van der Waals surface area contributed by atoms with Gasteiger partial charge in [-0.25, -0.2) is 0 Å². The molecule has 2 N–H and O–H groups in total. The molecule has 0 saturated carbocycles. The molecule has 1 heterocycles. The van der Waals surface area contributed by atoms with Crippen molar-refractivity contribution in [1.29, 1.82) is 0 Å². The number of methoxy groups -OCH3 is 1. The first-order chi connectivity index (χ1) is 9.06. The van der Waals surface area contributed by atoms with Crippen LogP contribution in [0.15, 0.2) is 22.6 Å². The van der Waals surface area contributed by atoms with E-state index in [2.05, 4.69) is 31.8 Å². The van der Waals surface area contributed by atoms with Gasteiger partial charge in [0.2, 0.25) is 0 Å². The first-order valence-corrected chi connectivity index (χ1v) is 6.50. The lowest BCUT2D eigenvalue weighted by molar-refractivity contribution is 0.410. The van der Waals surface area contributed by atoms with E-state index >= 15 is 0 Å². The number of ether oxygens (including phenoxy) is 1. The largest absolute Gasteiger partial charge is 0.496 e. The van der Waals surface area contributed by atoms with Crippen LogP contribution in [0.2, 0.25) is 0 Å². The van der Waals surface area contributed by atoms with Gasteiger partial charge in [0.05, 0.1) is 7.11 Å². The molecule has 0 unspecified atom stereocenters. The van der Waals surface area contributed by atoms with Gasteiger partial charge >= 0.3 is 0 Å². The Labute approximate surface area is 113 Å². The van der Waals surface area contributed by atoms with Gasteiger partial charge in [0.1, 0.15) is 17.2 Å². The van der Waals surface area contributed by atoms with Crippen LogP contribution in [0.3, 0.4) is 0 Å². The van der Waals surface area contributed by atoms with Gasteiger partial charge < -0.3 is 14.9 Å². The normalized spacial score (nSPS) is 11.0. The second kappa shape index (κ2) is 5.34. The highest BCUT2D eigenvalue weighted by atomic mass is 16.5. The number of hydrogen-bond acceptors (Lipinski definition) is 4. The van der Waals surface area contributed by atoms with Crippen LogP contribution >= 0.6 is 0 Å². The Kier molecular flexibility index (Phi) is 3.79. The van der Waals surface area contributed by atoms with Crippen molar-refractivity contribution in [2.24, 2.45) is 0 Å². The number of nitrogens with two attached hydrogens (primary N) is 1. The summed E-state index contributed by atoms with van der Waals surface area (Å²) in [7, 11) is 1.68. The summed E-state index contributed by atoms with van der Waals surface area (Å²) in [5.41, 5.74) is 8.67. The summed E-state index contributed by atoms with van der Waals surface area (Å²) in [5.74, 6) is 1.96. The van der Waals surface area contributed by atoms with E-state index in [1.165, 1.54) is 0 Å². The summed E-state index contributed by atoms with van der Waals surface area (Å²) in [6.07, 6.45) is 0.904. The number of benzene rings is 1. The van der Waals surface area contributed by atoms with E-state index in [1.807, 2.05) is 12.1 Å². The fourth-order valence-corrected chi connectivity index (χ4v) is 2.15. The van der Waals surface area contributed by atoms with Crippen molar-refractivity contribution in [2.75, 3.05) is 12.8 Å². The zero-order valence-electron chi connectivity index (χ0n) is 11.9. The van der Waals surface area contributed by atoms with Crippen LogP contribution in [0.4, 0.5) is 6.01 Å². The number of anilines is 1. The molecule has 2 rings (SSSR count). The first kappa shape index (κ1) is 13.5. The summed E-state index contributed by atoms with van der Waals surface area (Å²) < 4.78 is 10.8. The second-order valence-corrected chi connectivity index (χ2v) is 4.80. The maximum absolute atomic E-state index is 5.68. The van der Waals surface area contributed by atoms with Crippen LogP contribution in [0.25, 0.3) is 11.3 Å². The summed E-state index contributed by atoms with van der Waals surface area (Å²) >= 11 is 0. The zero-order valence-corrected chi connectivity index (χ0v) is 11.9. The van der Waals surface area contributed by atoms with Crippen LogP contribution in [0.1, 0.15) is 38.0 Å². The van der Waals surface area contributed by atoms with Crippen molar-refractivity contribution >= 4 is 6.01 Å². The average molecular weight is 260 g/mol. The number of hydrogen-bond donors (Lipinski definition) is 1. The third kappa shape index (κ3) is 2.57. The molecule has 0 aliphatic rings. The van der Waals surface area contributed by atoms with Crippen molar-refractivity contribution in [3.63, 3.8) is 0 Å². The Bertz CT molecular complexity index is 574. The van der Waals surface area contributed by atoms with Crippen molar-refractivity contribution in [2.45, 2.75) is 33.1 Å². The van der Waals surface area contributed by atoms with Crippen LogP contribution in [-0.4, -0.2) is 12.1 Å². The van der Waals surface area contributed by atoms with E-state index in [-0.39, 0.29) is 11.9 Å². The smallest absolute Gasteiger partial charge is 0.292 e. The predicted octanol–water partition coefficient (Wildman–Crippen LogP) is 3.62. The SMILES string of the molecule is CCc1cc(-c2nc(N)oc2C(C)C)ccc1OC. The lowest BCUT2D eigenvalue weighted by atomic mass is 10.0. The highest BCUT2D eigenvalue weighted by molar-refractivity contribution is 5.65. The minimum atomic E-state index is 0.215. The fourth-order valence-electron chi connectivity index (χ4n) is 2.15. The number of oxazole rings is 1. The number of aryl methyl sites for hydroxylation is 1. The molecule has 2 aromatic rings. The fraction of sp³-hybridized carbons (Fsp3) is 0.400. The Balaban J connectivity index is 2.53. The third-order valence-electron chi connectivity index (χ3n) is 3.13. The van der Waals surface area contributed by atoms with Gasteiger partial charge in [0, 0.05) is 11.5 Å². The first-order valence-electron chi connectivity index (χ1n) is 6.50. The Morgan fingerprint density at radius 2 is 2.11 bits per heavy atom. The second-order valence-electron chi connectivity index (χ2n) is 4.80. The predicted molar refractivity (Wildman–Crippen MR) is 76.4 cm³/mol. The lowest BCUT2D eigenvalue weighted by Gasteiger charge is -2.09. The van der Waals surface area contributed by atoms with Gasteiger partial charge in [0.15, 0.2) is 0 Å². The van der Waals surface area contributed by atoms with Crippen LogP contribution in [0.5, 0.6) is 5.75 Å². The molecule has 0 atom stereocenters. The maximum Gasteiger partial charge on any atom is 0.292 e. The highest BCUT2D eigenvalue weighted by Crippen LogP contribution is 2.33. The Morgan fingerprint density at radius 1 is 1.37 bits per heavy atom. The van der Waals surface area contributed by atoms with Gasteiger partial charge in [-0.2, -0.15) is 4.98 Å². The van der Waals surface area contributed by atoms with Gasteiger partial charge in [0.25, 0.3) is 6.01 Å². The van der Waals surface area contributed by atoms with Gasteiger partial charge in [-0.15, -0.1) is 0 Å². The molecule has 4 nitrogen and oxygen atoms in total. The molecule has 1 aromatic carbocycles. The molecule has 0 bridgehead atoms. The molecule has 0 aliphatic heterocycles. The number of nitrogens with zero attached hydrogens (tertiary/aromatic N) is 1. The number of aromatic nitrogens is 1. The number of rotatable bonds is 4. The standard InChI is InChI=1S/C15H20N2O2/c1-5-10-8-11(6-7-12(10)18-4)13-14(9(2)3)19-15(16)17-13/h6-9H,5H2,1-4H3,(H2,16,17). The van der Waals surface area contributed by atoms with E-state index in [9.17, 15) is 0 Å². The van der Waals surface area contributed by atoms with E-state index in [0.29, 0.717) is 0 Å². The quantitative estimate of drug-likeness (QED) is 0.912. The molecule has 0 fully saturated rings. The van der Waals surface area contributed by atoms with Crippen molar-refractivity contribution < 1.29 is 9.15 Å². The van der Waals surface area contributed by atoms with Crippen molar-refractivity contribution in [3.05, 3.63) is 29.5 Å². The van der Waals surface area contributed by atoms with E-state index < -0.39 is 0 Å². The van der Waals surface area contributed by atoms with Crippen LogP contribution < -0.4 is 10.5 Å². The molecule has 4 heteroatoms. The summed E-state index contributed by atoms with van der Waals surface area (Å²) in [5, 5.41) is 0. The topological polar surface area (TPSA) is 61.3 Å². The number of nitrogen functional groups attached to an aromatic ring is 1. The highest BCUT2D eigenvalue weighted by Gasteiger charge is 2.17. The van der Waals surface area contributed by atoms with Gasteiger partial charge in [-0.3, -0.25) is 0 Å². The molecule has 0 saturated heterocycles. The molecule has 1 aromatic heterocycles. The maximum atomic E-state index is 5.68. The monoisotopic (exact) mass is 260 g/mol. The van der Waals surface area contributed by atoms with Crippen LogP contribution in [-0.2, 0) is 6.42 Å². The van der Waals surface area contributed by atoms with E-state index in [1.54, 1.807) is 7.11 Å². The van der Waals surface area contributed by atoms with E-state index in [0.717, 1.165) is 34.8 Å². The van der Waals surface area contributed by atoms with Crippen molar-refractivity contribution in [3.8, 4) is 17.0 Å². The lowest BCUT2D eigenvalue weighted by Crippen LogP contribution is -1.93. The Hall–Kier alpha value is -1.97. The molecule has 0 radical (unpaired) electrons. The zero-order chi connectivity index (χ0) is 14.0. The van der Waals surface area contributed by atoms with Gasteiger partial charge in [-0.1, -0.05) is 20.8 Å².